The SMILES string of the molecule is CCCNc1c(F)cccc1C(=O)NCCCC1CC1. The Morgan fingerprint density at radius 3 is 2.85 bits per heavy atom. The van der Waals surface area contributed by atoms with E-state index in [1.54, 1.807) is 12.1 Å². The maximum atomic E-state index is 13.8. The molecule has 0 atom stereocenters. The van der Waals surface area contributed by atoms with Crippen LogP contribution in [0.4, 0.5) is 10.1 Å². The maximum Gasteiger partial charge on any atom is 0.253 e. The minimum absolute atomic E-state index is 0.195. The summed E-state index contributed by atoms with van der Waals surface area (Å²) in [6.07, 6.45) is 5.75. The van der Waals surface area contributed by atoms with Crippen molar-refractivity contribution in [3.63, 3.8) is 0 Å². The number of amides is 1. The molecule has 0 aliphatic heterocycles. The molecule has 2 N–H and O–H groups in total. The summed E-state index contributed by atoms with van der Waals surface area (Å²) in [5.41, 5.74) is 0.707. The summed E-state index contributed by atoms with van der Waals surface area (Å²) in [4.78, 5) is 12.1. The fourth-order valence-electron chi connectivity index (χ4n) is 2.24. The Balaban J connectivity index is 1.91. The number of carbonyl (C=O) groups is 1. The molecule has 1 aromatic rings. The monoisotopic (exact) mass is 278 g/mol. The molecule has 3 nitrogen and oxygen atoms in total. The van der Waals surface area contributed by atoms with Crippen LogP contribution in [0.1, 0.15) is 49.4 Å². The van der Waals surface area contributed by atoms with E-state index in [0.29, 0.717) is 24.3 Å². The molecule has 1 aromatic carbocycles. The Labute approximate surface area is 120 Å². The van der Waals surface area contributed by atoms with Gasteiger partial charge < -0.3 is 10.6 Å². The van der Waals surface area contributed by atoms with Crippen molar-refractivity contribution in [2.75, 3.05) is 18.4 Å². The lowest BCUT2D eigenvalue weighted by atomic mass is 10.1. The Bertz CT molecular complexity index is 458. The number of anilines is 1. The number of hydrogen-bond donors (Lipinski definition) is 2. The minimum atomic E-state index is -0.371. The van der Waals surface area contributed by atoms with Gasteiger partial charge in [-0.15, -0.1) is 0 Å². The van der Waals surface area contributed by atoms with Gasteiger partial charge in [0.15, 0.2) is 0 Å². The van der Waals surface area contributed by atoms with Crippen LogP contribution in [0.25, 0.3) is 0 Å². The molecule has 0 heterocycles. The van der Waals surface area contributed by atoms with Gasteiger partial charge in [0.1, 0.15) is 5.82 Å². The topological polar surface area (TPSA) is 41.1 Å². The van der Waals surface area contributed by atoms with Gasteiger partial charge in [-0.25, -0.2) is 4.39 Å². The molecular formula is C16H23FN2O. The quantitative estimate of drug-likeness (QED) is 0.714. The van der Waals surface area contributed by atoms with Crippen molar-refractivity contribution in [3.8, 4) is 0 Å². The van der Waals surface area contributed by atoms with Crippen molar-refractivity contribution in [1.82, 2.24) is 5.32 Å². The van der Waals surface area contributed by atoms with Crippen LogP contribution in [-0.4, -0.2) is 19.0 Å². The second-order valence-corrected chi connectivity index (χ2v) is 5.43. The van der Waals surface area contributed by atoms with Crippen molar-refractivity contribution >= 4 is 11.6 Å². The number of nitrogens with one attached hydrogen (secondary N) is 2. The molecule has 2 rings (SSSR count). The molecule has 110 valence electrons. The number of hydrogen-bond acceptors (Lipinski definition) is 2. The standard InChI is InChI=1S/C16H23FN2O/c1-2-10-18-15-13(6-3-7-14(15)17)16(20)19-11-4-5-12-8-9-12/h3,6-7,12,18H,2,4-5,8-11H2,1H3,(H,19,20). The van der Waals surface area contributed by atoms with E-state index in [2.05, 4.69) is 10.6 Å². The third kappa shape index (κ3) is 4.22. The van der Waals surface area contributed by atoms with E-state index in [1.807, 2.05) is 6.92 Å². The van der Waals surface area contributed by atoms with E-state index in [1.165, 1.54) is 25.3 Å². The summed E-state index contributed by atoms with van der Waals surface area (Å²) in [6.45, 7) is 3.33. The highest BCUT2D eigenvalue weighted by Crippen LogP contribution is 2.33. The average Bonchev–Trinajstić information content (AvgIpc) is 3.26. The van der Waals surface area contributed by atoms with Crippen LogP contribution >= 0.6 is 0 Å². The Kier molecular flexibility index (Phi) is 5.39. The number of carbonyl (C=O) groups excluding carboxylic acids is 1. The highest BCUT2D eigenvalue weighted by Gasteiger charge is 2.20. The van der Waals surface area contributed by atoms with Gasteiger partial charge in [0, 0.05) is 13.1 Å². The predicted octanol–water partition coefficient (Wildman–Crippen LogP) is 3.57. The van der Waals surface area contributed by atoms with Crippen LogP contribution < -0.4 is 10.6 Å². The number of rotatable bonds is 8. The molecule has 1 aliphatic rings. The summed E-state index contributed by atoms with van der Waals surface area (Å²) in [5.74, 6) is 0.311. The van der Waals surface area contributed by atoms with Gasteiger partial charge in [-0.1, -0.05) is 25.8 Å². The summed E-state index contributed by atoms with van der Waals surface area (Å²) in [7, 11) is 0. The Hall–Kier alpha value is -1.58. The molecule has 0 radical (unpaired) electrons. The predicted molar refractivity (Wildman–Crippen MR) is 79.5 cm³/mol. The van der Waals surface area contributed by atoms with Gasteiger partial charge in [0.25, 0.3) is 5.91 Å². The molecular weight excluding hydrogens is 255 g/mol. The second-order valence-electron chi connectivity index (χ2n) is 5.43. The van der Waals surface area contributed by atoms with Gasteiger partial charge in [0.05, 0.1) is 11.3 Å². The first-order valence-electron chi connectivity index (χ1n) is 7.53. The van der Waals surface area contributed by atoms with Gasteiger partial charge in [-0.05, 0) is 37.3 Å². The fourth-order valence-corrected chi connectivity index (χ4v) is 2.24. The zero-order chi connectivity index (χ0) is 14.4. The van der Waals surface area contributed by atoms with Crippen molar-refractivity contribution < 1.29 is 9.18 Å². The number of benzene rings is 1. The Morgan fingerprint density at radius 1 is 1.35 bits per heavy atom. The lowest BCUT2D eigenvalue weighted by Crippen LogP contribution is -2.26. The van der Waals surface area contributed by atoms with E-state index >= 15 is 0 Å². The number of halogens is 1. The first-order valence-corrected chi connectivity index (χ1v) is 7.53. The van der Waals surface area contributed by atoms with E-state index in [4.69, 9.17) is 0 Å². The molecule has 1 amide bonds. The van der Waals surface area contributed by atoms with Crippen molar-refractivity contribution in [2.45, 2.75) is 39.0 Å². The van der Waals surface area contributed by atoms with Gasteiger partial charge in [-0.2, -0.15) is 0 Å². The third-order valence-corrected chi connectivity index (χ3v) is 3.58. The largest absolute Gasteiger partial charge is 0.382 e. The van der Waals surface area contributed by atoms with Gasteiger partial charge in [-0.3, -0.25) is 4.79 Å². The summed E-state index contributed by atoms with van der Waals surface area (Å²) in [6, 6.07) is 4.62. The van der Waals surface area contributed by atoms with E-state index in [-0.39, 0.29) is 11.7 Å². The molecule has 0 bridgehead atoms. The molecule has 1 aliphatic carbocycles. The normalized spacial score (nSPS) is 14.1. The number of para-hydroxylation sites is 1. The van der Waals surface area contributed by atoms with Crippen LogP contribution in [0.5, 0.6) is 0 Å². The maximum absolute atomic E-state index is 13.8. The average molecular weight is 278 g/mol. The van der Waals surface area contributed by atoms with Crippen molar-refractivity contribution in [3.05, 3.63) is 29.6 Å². The highest BCUT2D eigenvalue weighted by molar-refractivity contribution is 5.99. The zero-order valence-corrected chi connectivity index (χ0v) is 12.0. The molecule has 4 heteroatoms. The van der Waals surface area contributed by atoms with Crippen LogP contribution in [0.15, 0.2) is 18.2 Å². The van der Waals surface area contributed by atoms with Crippen molar-refractivity contribution in [2.24, 2.45) is 5.92 Å². The van der Waals surface area contributed by atoms with Gasteiger partial charge >= 0.3 is 0 Å². The van der Waals surface area contributed by atoms with E-state index < -0.39 is 0 Å². The van der Waals surface area contributed by atoms with Crippen LogP contribution in [0, 0.1) is 11.7 Å². The highest BCUT2D eigenvalue weighted by atomic mass is 19.1. The molecule has 20 heavy (non-hydrogen) atoms. The molecule has 0 aromatic heterocycles. The molecule has 1 fully saturated rings. The smallest absolute Gasteiger partial charge is 0.253 e. The van der Waals surface area contributed by atoms with E-state index in [0.717, 1.165) is 18.8 Å². The van der Waals surface area contributed by atoms with Crippen LogP contribution in [0.2, 0.25) is 0 Å². The van der Waals surface area contributed by atoms with Crippen molar-refractivity contribution in [1.29, 1.82) is 0 Å². The molecule has 0 unspecified atom stereocenters. The summed E-state index contributed by atoms with van der Waals surface area (Å²) < 4.78 is 13.8. The molecule has 1 saturated carbocycles. The lowest BCUT2D eigenvalue weighted by Gasteiger charge is -2.12. The first-order chi connectivity index (χ1) is 9.72. The summed E-state index contributed by atoms with van der Waals surface area (Å²) in [5, 5.41) is 5.88. The van der Waals surface area contributed by atoms with Crippen LogP contribution in [-0.2, 0) is 0 Å². The summed E-state index contributed by atoms with van der Waals surface area (Å²) >= 11 is 0. The third-order valence-electron chi connectivity index (χ3n) is 3.58. The van der Waals surface area contributed by atoms with E-state index in [9.17, 15) is 9.18 Å². The second kappa shape index (κ2) is 7.27. The van der Waals surface area contributed by atoms with Gasteiger partial charge in [0.2, 0.25) is 0 Å². The zero-order valence-electron chi connectivity index (χ0n) is 12.0. The Morgan fingerprint density at radius 2 is 2.15 bits per heavy atom. The first kappa shape index (κ1) is 14.8. The fraction of sp³-hybridized carbons (Fsp3) is 0.562. The molecule has 0 spiro atoms. The molecule has 0 saturated heterocycles. The van der Waals surface area contributed by atoms with Crippen LogP contribution in [0.3, 0.4) is 0 Å². The minimum Gasteiger partial charge on any atom is -0.382 e. The lowest BCUT2D eigenvalue weighted by molar-refractivity contribution is 0.0953.